The molecule has 314 valence electrons. The Kier molecular flexibility index (Phi) is 8.54. The van der Waals surface area contributed by atoms with Crippen LogP contribution in [0.5, 0.6) is 0 Å². The van der Waals surface area contributed by atoms with Gasteiger partial charge in [0, 0.05) is 48.1 Å². The van der Waals surface area contributed by atoms with E-state index in [1.165, 1.54) is 109 Å². The molecule has 1 nitrogen and oxygen atoms in total. The van der Waals surface area contributed by atoms with Gasteiger partial charge >= 0.3 is 0 Å². The van der Waals surface area contributed by atoms with Crippen molar-refractivity contribution in [1.29, 1.82) is 0 Å². The zero-order valence-corrected chi connectivity index (χ0v) is 38.4. The van der Waals surface area contributed by atoms with Crippen molar-refractivity contribution in [3.8, 4) is 55.6 Å². The van der Waals surface area contributed by atoms with Crippen LogP contribution in [-0.4, -0.2) is 0 Å². The summed E-state index contributed by atoms with van der Waals surface area (Å²) in [5.74, 6) is 0. The van der Waals surface area contributed by atoms with Crippen LogP contribution < -0.4 is 4.90 Å². The summed E-state index contributed by atoms with van der Waals surface area (Å²) in [5, 5.41) is 5.18. The van der Waals surface area contributed by atoms with Crippen LogP contribution in [-0.2, 0) is 10.8 Å². The first-order chi connectivity index (χ1) is 32.2. The molecule has 10 aromatic carbocycles. The molecule has 0 amide bonds. The minimum atomic E-state index is -0.214. The first kappa shape index (κ1) is 38.9. The van der Waals surface area contributed by atoms with Gasteiger partial charge in [0.15, 0.2) is 0 Å². The molecule has 0 saturated heterocycles. The Morgan fingerprint density at radius 1 is 0.318 bits per heavy atom. The average molecular weight is 862 g/mol. The maximum absolute atomic E-state index is 2.48. The second kappa shape index (κ2) is 14.5. The van der Waals surface area contributed by atoms with Gasteiger partial charge in [0.05, 0.1) is 0 Å². The van der Waals surface area contributed by atoms with Crippen LogP contribution in [0.15, 0.2) is 212 Å². The van der Waals surface area contributed by atoms with E-state index in [4.69, 9.17) is 0 Å². The number of hydrogen-bond donors (Lipinski definition) is 0. The fraction of sp³-hybridized carbons (Fsp3) is 0.0938. The second-order valence-corrected chi connectivity index (χ2v) is 20.4. The zero-order chi connectivity index (χ0) is 44.3. The largest absolute Gasteiger partial charge is 0.310 e. The molecule has 11 aromatic rings. The molecular weight excluding hydrogens is 815 g/mol. The topological polar surface area (TPSA) is 3.24 Å². The lowest BCUT2D eigenvalue weighted by atomic mass is 9.81. The molecule has 0 spiro atoms. The monoisotopic (exact) mass is 861 g/mol. The Morgan fingerprint density at radius 3 is 1.50 bits per heavy atom. The number of nitrogens with zero attached hydrogens (tertiary/aromatic N) is 1. The number of rotatable bonds is 6. The molecule has 0 N–H and O–H groups in total. The average Bonchev–Trinajstić information content (AvgIpc) is 3.93. The van der Waals surface area contributed by atoms with E-state index in [-0.39, 0.29) is 10.8 Å². The van der Waals surface area contributed by atoms with Crippen molar-refractivity contribution in [2.24, 2.45) is 0 Å². The van der Waals surface area contributed by atoms with Crippen molar-refractivity contribution in [1.82, 2.24) is 0 Å². The first-order valence-electron chi connectivity index (χ1n) is 23.2. The Labute approximate surface area is 390 Å². The standard InChI is InChI=1S/C64H47NS/c1-63(2)57-36-45(40-13-6-5-7-14-40)25-31-51(57)53-33-29-48(38-59(53)63)65(47-27-23-42(24-28-47)44-22-21-41-15-8-9-16-43(41)35-44)49-30-34-54-52-32-26-46(37-58(52)64(3,4)60(54)39-49)50-18-12-19-56-55-17-10-11-20-61(55)66-62(50)56/h5-39H,1-4H3. The molecule has 0 atom stereocenters. The molecule has 0 bridgehead atoms. The number of fused-ring (bicyclic) bond motifs is 10. The lowest BCUT2D eigenvalue weighted by molar-refractivity contribution is 0.660. The third kappa shape index (κ3) is 5.91. The van der Waals surface area contributed by atoms with Gasteiger partial charge in [0.1, 0.15) is 0 Å². The highest BCUT2D eigenvalue weighted by Gasteiger charge is 2.38. The number of hydrogen-bond acceptors (Lipinski definition) is 2. The summed E-state index contributed by atoms with van der Waals surface area (Å²) in [6.45, 7) is 9.60. The minimum Gasteiger partial charge on any atom is -0.310 e. The number of anilines is 3. The van der Waals surface area contributed by atoms with Gasteiger partial charge in [-0.3, -0.25) is 0 Å². The van der Waals surface area contributed by atoms with Crippen molar-refractivity contribution >= 4 is 59.3 Å². The molecule has 0 fully saturated rings. The van der Waals surface area contributed by atoms with Crippen molar-refractivity contribution in [2.75, 3.05) is 4.90 Å². The van der Waals surface area contributed by atoms with Gasteiger partial charge in [0.2, 0.25) is 0 Å². The molecule has 2 heteroatoms. The fourth-order valence-electron chi connectivity index (χ4n) is 11.3. The minimum absolute atomic E-state index is 0.184. The SMILES string of the molecule is CC1(C)c2cc(-c3ccccc3)ccc2-c2ccc(N(c3ccc(-c4ccc5ccccc5c4)cc3)c3ccc4c(c3)C(C)(C)c3cc(-c5cccc6c5sc5ccccc56)ccc3-4)cc21. The van der Waals surface area contributed by atoms with Crippen LogP contribution >= 0.6 is 11.3 Å². The van der Waals surface area contributed by atoms with Crippen LogP contribution in [0.4, 0.5) is 17.1 Å². The van der Waals surface area contributed by atoms with E-state index in [1.54, 1.807) is 0 Å². The number of thiophene rings is 1. The van der Waals surface area contributed by atoms with E-state index >= 15 is 0 Å². The maximum atomic E-state index is 2.48. The molecule has 0 radical (unpaired) electrons. The van der Waals surface area contributed by atoms with Crippen molar-refractivity contribution in [3.63, 3.8) is 0 Å². The summed E-state index contributed by atoms with van der Waals surface area (Å²) in [5.41, 5.74) is 21.3. The molecule has 2 aliphatic rings. The summed E-state index contributed by atoms with van der Waals surface area (Å²) in [6.07, 6.45) is 0. The highest BCUT2D eigenvalue weighted by Crippen LogP contribution is 2.54. The molecule has 1 heterocycles. The summed E-state index contributed by atoms with van der Waals surface area (Å²) < 4.78 is 2.69. The predicted octanol–water partition coefficient (Wildman–Crippen LogP) is 18.3. The molecule has 0 unspecified atom stereocenters. The predicted molar refractivity (Wildman–Crippen MR) is 283 cm³/mol. The van der Waals surface area contributed by atoms with Crippen LogP contribution in [0.1, 0.15) is 49.9 Å². The molecule has 1 aromatic heterocycles. The third-order valence-corrected chi connectivity index (χ3v) is 16.1. The van der Waals surface area contributed by atoms with Crippen LogP contribution in [0, 0.1) is 0 Å². The Hall–Kier alpha value is -7.52. The second-order valence-electron chi connectivity index (χ2n) is 19.3. The van der Waals surface area contributed by atoms with Crippen LogP contribution in [0.3, 0.4) is 0 Å². The lowest BCUT2D eigenvalue weighted by Crippen LogP contribution is -2.18. The summed E-state index contributed by atoms with van der Waals surface area (Å²) in [7, 11) is 0. The summed E-state index contributed by atoms with van der Waals surface area (Å²) in [6, 6.07) is 79.5. The van der Waals surface area contributed by atoms with Crippen LogP contribution in [0.25, 0.3) is 86.6 Å². The lowest BCUT2D eigenvalue weighted by Gasteiger charge is -2.30. The Morgan fingerprint density at radius 2 is 0.803 bits per heavy atom. The van der Waals surface area contributed by atoms with E-state index < -0.39 is 0 Å². The normalized spacial score (nSPS) is 14.0. The molecule has 13 rings (SSSR count). The van der Waals surface area contributed by atoms with E-state index in [0.29, 0.717) is 0 Å². The molecule has 66 heavy (non-hydrogen) atoms. The van der Waals surface area contributed by atoms with E-state index in [1.807, 2.05) is 11.3 Å². The van der Waals surface area contributed by atoms with Crippen molar-refractivity contribution in [2.45, 2.75) is 38.5 Å². The van der Waals surface area contributed by atoms with Gasteiger partial charge in [-0.05, 0) is 149 Å². The first-order valence-corrected chi connectivity index (χ1v) is 24.0. The van der Waals surface area contributed by atoms with Gasteiger partial charge in [-0.15, -0.1) is 11.3 Å². The highest BCUT2D eigenvalue weighted by molar-refractivity contribution is 7.26. The molecular formula is C64H47NS. The summed E-state index contributed by atoms with van der Waals surface area (Å²) >= 11 is 1.90. The third-order valence-electron chi connectivity index (χ3n) is 14.9. The maximum Gasteiger partial charge on any atom is 0.0465 e. The molecule has 2 aliphatic carbocycles. The van der Waals surface area contributed by atoms with Gasteiger partial charge in [-0.1, -0.05) is 179 Å². The van der Waals surface area contributed by atoms with Gasteiger partial charge < -0.3 is 4.90 Å². The quantitative estimate of drug-likeness (QED) is 0.161. The van der Waals surface area contributed by atoms with Crippen LogP contribution in [0.2, 0.25) is 0 Å². The van der Waals surface area contributed by atoms with Crippen molar-refractivity contribution in [3.05, 3.63) is 235 Å². The van der Waals surface area contributed by atoms with Gasteiger partial charge in [-0.2, -0.15) is 0 Å². The smallest absolute Gasteiger partial charge is 0.0465 e. The molecule has 0 saturated carbocycles. The van der Waals surface area contributed by atoms with E-state index in [2.05, 4.69) is 245 Å². The van der Waals surface area contributed by atoms with Crippen molar-refractivity contribution < 1.29 is 0 Å². The van der Waals surface area contributed by atoms with E-state index in [9.17, 15) is 0 Å². The Bertz CT molecular complexity index is 3760. The zero-order valence-electron chi connectivity index (χ0n) is 37.6. The Balaban J connectivity index is 0.922. The van der Waals surface area contributed by atoms with Gasteiger partial charge in [0.25, 0.3) is 0 Å². The molecule has 0 aliphatic heterocycles. The number of benzene rings is 10. The highest BCUT2D eigenvalue weighted by atomic mass is 32.1. The van der Waals surface area contributed by atoms with Gasteiger partial charge in [-0.25, -0.2) is 0 Å². The summed E-state index contributed by atoms with van der Waals surface area (Å²) in [4.78, 5) is 2.48. The fourth-order valence-corrected chi connectivity index (χ4v) is 12.5. The van der Waals surface area contributed by atoms with E-state index in [0.717, 1.165) is 17.1 Å².